The molecule has 1 rings (SSSR count). The van der Waals surface area contributed by atoms with Crippen molar-refractivity contribution in [3.63, 3.8) is 0 Å². The Hall–Kier alpha value is -0.110. The first-order valence-corrected chi connectivity index (χ1v) is 4.32. The molecule has 1 fully saturated rings. The molecule has 0 bridgehead atoms. The predicted octanol–water partition coefficient (Wildman–Crippen LogP) is 2.16. The summed E-state index contributed by atoms with van der Waals surface area (Å²) in [5, 5.41) is 1.21. The lowest BCUT2D eigenvalue weighted by molar-refractivity contribution is 0.494. The Balaban J connectivity index is 0.000000291. The van der Waals surface area contributed by atoms with E-state index < -0.39 is 0 Å². The zero-order valence-corrected chi connectivity index (χ0v) is 7.29. The van der Waals surface area contributed by atoms with Gasteiger partial charge in [0.25, 0.3) is 0 Å². The van der Waals surface area contributed by atoms with E-state index in [1.807, 2.05) is 25.6 Å². The van der Waals surface area contributed by atoms with Crippen molar-refractivity contribution in [2.75, 3.05) is 19.3 Å². The zero-order valence-electron chi connectivity index (χ0n) is 6.48. The van der Waals surface area contributed by atoms with Crippen molar-refractivity contribution in [1.82, 2.24) is 4.90 Å². The molecule has 0 aromatic carbocycles. The quantitative estimate of drug-likeness (QED) is 0.514. The minimum atomic E-state index is 1.17. The van der Waals surface area contributed by atoms with E-state index in [1.165, 1.54) is 17.3 Å². The number of nitrogens with zero attached hydrogens (tertiary/aromatic N) is 1. The first-order chi connectivity index (χ1) is 4.30. The lowest BCUT2D eigenvalue weighted by Crippen LogP contribution is -2.09. The van der Waals surface area contributed by atoms with Crippen LogP contribution in [0.4, 0.5) is 0 Å². The summed E-state index contributed by atoms with van der Waals surface area (Å²) in [4.78, 5) is 2.17. The van der Waals surface area contributed by atoms with Crippen molar-refractivity contribution in [2.45, 2.75) is 13.8 Å². The summed E-state index contributed by atoms with van der Waals surface area (Å²) in [6.45, 7) is 8.99. The minimum Gasteiger partial charge on any atom is -0.369 e. The third-order valence-electron chi connectivity index (χ3n) is 1.12. The largest absolute Gasteiger partial charge is 0.369 e. The molecule has 1 nitrogen and oxygen atoms in total. The Morgan fingerprint density at radius 1 is 1.56 bits per heavy atom. The van der Waals surface area contributed by atoms with Crippen LogP contribution >= 0.6 is 11.8 Å². The summed E-state index contributed by atoms with van der Waals surface area (Å²) < 4.78 is 0. The van der Waals surface area contributed by atoms with Gasteiger partial charge in [-0.2, -0.15) is 0 Å². The van der Waals surface area contributed by atoms with Crippen LogP contribution in [0.2, 0.25) is 0 Å². The Bertz CT molecular complexity index is 90.9. The topological polar surface area (TPSA) is 3.24 Å². The fraction of sp³-hybridized carbons (Fsp3) is 0.714. The molecule has 0 amide bonds. The Morgan fingerprint density at radius 3 is 2.22 bits per heavy atom. The molecule has 0 saturated carbocycles. The molecule has 0 radical (unpaired) electrons. The van der Waals surface area contributed by atoms with Crippen LogP contribution in [0.25, 0.3) is 0 Å². The Labute approximate surface area is 62.1 Å². The van der Waals surface area contributed by atoms with E-state index in [0.29, 0.717) is 0 Å². The lowest BCUT2D eigenvalue weighted by Gasteiger charge is -2.07. The van der Waals surface area contributed by atoms with E-state index in [2.05, 4.69) is 18.5 Å². The van der Waals surface area contributed by atoms with Crippen LogP contribution in [0.3, 0.4) is 0 Å². The van der Waals surface area contributed by atoms with Crippen LogP contribution in [-0.2, 0) is 0 Å². The smallest absolute Gasteiger partial charge is 0.0632 e. The van der Waals surface area contributed by atoms with Gasteiger partial charge in [0.15, 0.2) is 0 Å². The van der Waals surface area contributed by atoms with Gasteiger partial charge in [-0.25, -0.2) is 0 Å². The normalized spacial score (nSPS) is 17.2. The molecule has 1 heterocycles. The van der Waals surface area contributed by atoms with Crippen molar-refractivity contribution in [3.8, 4) is 0 Å². The molecule has 0 N–H and O–H groups in total. The van der Waals surface area contributed by atoms with Gasteiger partial charge in [-0.05, 0) is 0 Å². The van der Waals surface area contributed by atoms with Gasteiger partial charge < -0.3 is 4.90 Å². The molecule has 0 unspecified atom stereocenters. The maximum Gasteiger partial charge on any atom is 0.0632 e. The minimum absolute atomic E-state index is 1.17. The molecule has 2 heteroatoms. The summed E-state index contributed by atoms with van der Waals surface area (Å²) in [5.41, 5.74) is 0. The van der Waals surface area contributed by atoms with Crippen LogP contribution in [0.1, 0.15) is 13.8 Å². The molecule has 9 heavy (non-hydrogen) atoms. The SMILES string of the molecule is C=C1SCCN1C.CC. The lowest BCUT2D eigenvalue weighted by atomic mass is 10.7. The molecular weight excluding hydrogens is 130 g/mol. The van der Waals surface area contributed by atoms with Crippen LogP contribution in [0.15, 0.2) is 11.6 Å². The van der Waals surface area contributed by atoms with Gasteiger partial charge >= 0.3 is 0 Å². The maximum atomic E-state index is 3.82. The van der Waals surface area contributed by atoms with Gasteiger partial charge in [0.1, 0.15) is 0 Å². The molecule has 1 aliphatic heterocycles. The van der Waals surface area contributed by atoms with Crippen molar-refractivity contribution in [1.29, 1.82) is 0 Å². The maximum absolute atomic E-state index is 3.82. The highest BCUT2D eigenvalue weighted by Crippen LogP contribution is 2.22. The number of hydrogen-bond donors (Lipinski definition) is 0. The number of thioether (sulfide) groups is 1. The van der Waals surface area contributed by atoms with E-state index in [1.54, 1.807) is 0 Å². The summed E-state index contributed by atoms with van der Waals surface area (Å²) in [7, 11) is 2.07. The van der Waals surface area contributed by atoms with Gasteiger partial charge in [-0.1, -0.05) is 20.4 Å². The van der Waals surface area contributed by atoms with Crippen LogP contribution in [0.5, 0.6) is 0 Å². The fourth-order valence-corrected chi connectivity index (χ4v) is 1.45. The standard InChI is InChI=1S/C5H9NS.C2H6/c1-5-6(2)3-4-7-5;1-2/h1,3-4H2,2H3;1-2H3. The Kier molecular flexibility index (Phi) is 4.68. The van der Waals surface area contributed by atoms with E-state index in [4.69, 9.17) is 0 Å². The van der Waals surface area contributed by atoms with Gasteiger partial charge in [0.2, 0.25) is 0 Å². The van der Waals surface area contributed by atoms with Crippen LogP contribution < -0.4 is 0 Å². The second-order valence-electron chi connectivity index (χ2n) is 1.66. The van der Waals surface area contributed by atoms with Crippen molar-refractivity contribution in [3.05, 3.63) is 11.6 Å². The first kappa shape index (κ1) is 8.89. The third kappa shape index (κ3) is 2.80. The highest BCUT2D eigenvalue weighted by atomic mass is 32.2. The third-order valence-corrected chi connectivity index (χ3v) is 2.15. The van der Waals surface area contributed by atoms with E-state index in [0.717, 1.165) is 0 Å². The number of rotatable bonds is 0. The van der Waals surface area contributed by atoms with Crippen LogP contribution in [0, 0.1) is 0 Å². The molecule has 1 aliphatic rings. The average Bonchev–Trinajstić information content (AvgIpc) is 2.23. The van der Waals surface area contributed by atoms with Gasteiger partial charge in [-0.15, -0.1) is 11.8 Å². The summed E-state index contributed by atoms with van der Waals surface area (Å²) >= 11 is 1.84. The highest BCUT2D eigenvalue weighted by molar-refractivity contribution is 8.03. The molecule has 0 aliphatic carbocycles. The second-order valence-corrected chi connectivity index (χ2v) is 2.83. The molecule has 1 saturated heterocycles. The van der Waals surface area contributed by atoms with E-state index >= 15 is 0 Å². The average molecular weight is 145 g/mol. The fourth-order valence-electron chi connectivity index (χ4n) is 0.535. The highest BCUT2D eigenvalue weighted by Gasteiger charge is 2.08. The van der Waals surface area contributed by atoms with Gasteiger partial charge in [0.05, 0.1) is 5.03 Å². The number of hydrogen-bond acceptors (Lipinski definition) is 2. The molecule has 0 aromatic heterocycles. The van der Waals surface area contributed by atoms with Gasteiger partial charge in [-0.3, -0.25) is 0 Å². The second kappa shape index (κ2) is 4.74. The zero-order chi connectivity index (χ0) is 7.28. The van der Waals surface area contributed by atoms with Gasteiger partial charge in [0, 0.05) is 19.3 Å². The molecule has 0 spiro atoms. The van der Waals surface area contributed by atoms with Crippen molar-refractivity contribution >= 4 is 11.8 Å². The van der Waals surface area contributed by atoms with E-state index in [-0.39, 0.29) is 0 Å². The first-order valence-electron chi connectivity index (χ1n) is 3.33. The molecule has 54 valence electrons. The Morgan fingerprint density at radius 2 is 2.11 bits per heavy atom. The van der Waals surface area contributed by atoms with Crippen molar-refractivity contribution in [2.24, 2.45) is 0 Å². The predicted molar refractivity (Wildman–Crippen MR) is 45.6 cm³/mol. The summed E-state index contributed by atoms with van der Waals surface area (Å²) in [6, 6.07) is 0. The summed E-state index contributed by atoms with van der Waals surface area (Å²) in [5.74, 6) is 1.22. The monoisotopic (exact) mass is 145 g/mol. The van der Waals surface area contributed by atoms with Crippen LogP contribution in [-0.4, -0.2) is 24.2 Å². The molecular formula is C7H15NS. The molecule has 0 atom stereocenters. The summed E-state index contributed by atoms with van der Waals surface area (Å²) in [6.07, 6.45) is 0. The van der Waals surface area contributed by atoms with E-state index in [9.17, 15) is 0 Å². The molecule has 0 aromatic rings. The van der Waals surface area contributed by atoms with Crippen molar-refractivity contribution < 1.29 is 0 Å².